The molecule has 3 aromatic rings. The van der Waals surface area contributed by atoms with Gasteiger partial charge in [-0.2, -0.15) is 40.6 Å². The SMILES string of the molecule is Cc1cc(N)c(SCCCS(=O)(=O)O)cc1N=Nc1ccc(N=Nc2ccc(S(=O)(=O)O)cc2)cc1S(=O)(=O)O. The summed E-state index contributed by atoms with van der Waals surface area (Å²) in [5.41, 5.74) is 7.43. The number of rotatable bonds is 11. The van der Waals surface area contributed by atoms with Gasteiger partial charge in [-0.1, -0.05) is 0 Å². The van der Waals surface area contributed by atoms with Gasteiger partial charge in [-0.05, 0) is 79.3 Å². The molecule has 0 aromatic heterocycles. The molecule has 0 fully saturated rings. The highest BCUT2D eigenvalue weighted by atomic mass is 32.2. The second-order valence-corrected chi connectivity index (χ2v) is 13.7. The zero-order valence-corrected chi connectivity index (χ0v) is 23.9. The van der Waals surface area contributed by atoms with Crippen molar-refractivity contribution in [3.8, 4) is 0 Å². The van der Waals surface area contributed by atoms with E-state index in [0.717, 1.165) is 18.2 Å². The average Bonchev–Trinajstić information content (AvgIpc) is 2.84. The van der Waals surface area contributed by atoms with Gasteiger partial charge in [-0.15, -0.1) is 16.9 Å². The van der Waals surface area contributed by atoms with E-state index >= 15 is 0 Å². The van der Waals surface area contributed by atoms with E-state index in [2.05, 4.69) is 20.5 Å². The molecule has 0 heterocycles. The van der Waals surface area contributed by atoms with Crippen LogP contribution >= 0.6 is 11.8 Å². The lowest BCUT2D eigenvalue weighted by Crippen LogP contribution is -2.04. The second kappa shape index (κ2) is 12.5. The summed E-state index contributed by atoms with van der Waals surface area (Å²) in [6.45, 7) is 1.70. The van der Waals surface area contributed by atoms with Crippen molar-refractivity contribution < 1.29 is 38.9 Å². The van der Waals surface area contributed by atoms with Crippen LogP contribution in [0.4, 0.5) is 28.4 Å². The number of nitrogen functional groups attached to an aromatic ring is 1. The zero-order chi connectivity index (χ0) is 29.7. The number of azo groups is 2. The summed E-state index contributed by atoms with van der Waals surface area (Å²) in [5, 5.41) is 15.8. The van der Waals surface area contributed by atoms with Crippen molar-refractivity contribution in [2.24, 2.45) is 20.5 Å². The van der Waals surface area contributed by atoms with Crippen LogP contribution in [-0.4, -0.2) is 50.4 Å². The van der Waals surface area contributed by atoms with Gasteiger partial charge < -0.3 is 5.73 Å². The topological polar surface area (TPSA) is 239 Å². The van der Waals surface area contributed by atoms with Gasteiger partial charge in [-0.25, -0.2) is 0 Å². The molecule has 14 nitrogen and oxygen atoms in total. The number of thioether (sulfide) groups is 1. The Morgan fingerprint density at radius 2 is 1.35 bits per heavy atom. The third kappa shape index (κ3) is 9.15. The highest BCUT2D eigenvalue weighted by molar-refractivity contribution is 7.99. The average molecular weight is 630 g/mol. The van der Waals surface area contributed by atoms with Crippen LogP contribution in [0.5, 0.6) is 0 Å². The minimum Gasteiger partial charge on any atom is -0.398 e. The summed E-state index contributed by atoms with van der Waals surface area (Å²) in [7, 11) is -13.2. The molecule has 0 unspecified atom stereocenters. The summed E-state index contributed by atoms with van der Waals surface area (Å²) in [6, 6.07) is 11.6. The fourth-order valence-corrected chi connectivity index (χ4v) is 5.86. The maximum absolute atomic E-state index is 12.0. The van der Waals surface area contributed by atoms with Crippen LogP contribution in [0.2, 0.25) is 0 Å². The summed E-state index contributed by atoms with van der Waals surface area (Å²) in [5.74, 6) is -0.0517. The van der Waals surface area contributed by atoms with E-state index in [9.17, 15) is 29.8 Å². The normalized spacial score (nSPS) is 12.9. The number of hydrogen-bond acceptors (Lipinski definition) is 12. The first-order chi connectivity index (χ1) is 18.5. The molecule has 3 aromatic carbocycles. The van der Waals surface area contributed by atoms with Crippen molar-refractivity contribution in [2.75, 3.05) is 17.2 Å². The number of nitrogens with zero attached hydrogens (tertiary/aromatic N) is 4. The number of aryl methyl sites for hydroxylation is 1. The van der Waals surface area contributed by atoms with Gasteiger partial charge in [0, 0.05) is 10.6 Å². The molecule has 0 bridgehead atoms. The van der Waals surface area contributed by atoms with Crippen LogP contribution < -0.4 is 5.73 Å². The van der Waals surface area contributed by atoms with Crippen LogP contribution in [0, 0.1) is 6.92 Å². The van der Waals surface area contributed by atoms with Gasteiger partial charge in [-0.3, -0.25) is 13.7 Å². The number of benzene rings is 3. The molecule has 0 aliphatic heterocycles. The van der Waals surface area contributed by atoms with Gasteiger partial charge in [0.15, 0.2) is 0 Å². The van der Waals surface area contributed by atoms with Crippen molar-refractivity contribution in [1.29, 1.82) is 0 Å². The number of anilines is 1. The third-order valence-corrected chi connectivity index (χ3v) is 8.75. The molecule has 3 rings (SSSR count). The first kappa shape index (κ1) is 31.3. The largest absolute Gasteiger partial charge is 0.398 e. The molecule has 0 aliphatic carbocycles. The third-order valence-electron chi connectivity index (χ3n) is 5.03. The van der Waals surface area contributed by atoms with Gasteiger partial charge in [0.25, 0.3) is 30.4 Å². The Hall–Kier alpha value is -3.26. The molecule has 5 N–H and O–H groups in total. The fourth-order valence-electron chi connectivity index (χ4n) is 3.12. The standard InChI is InChI=1S/C22H23N5O9S4/c1-14-11-18(23)21(37-9-2-10-38(28,29)30)13-20(14)27-26-19-8-5-16(12-22(19)40(34,35)36)25-24-15-3-6-17(7-4-15)39(31,32)33/h3-8,11-13H,2,9-10,23H2,1H3,(H,28,29,30)(H,31,32,33)(H,34,35,36). The van der Waals surface area contributed by atoms with E-state index in [0.29, 0.717) is 27.6 Å². The maximum Gasteiger partial charge on any atom is 0.296 e. The van der Waals surface area contributed by atoms with Gasteiger partial charge in [0.2, 0.25) is 0 Å². The van der Waals surface area contributed by atoms with E-state index in [-0.39, 0.29) is 28.4 Å². The highest BCUT2D eigenvalue weighted by Gasteiger charge is 2.17. The molecule has 214 valence electrons. The Morgan fingerprint density at radius 3 is 1.95 bits per heavy atom. The lowest BCUT2D eigenvalue weighted by atomic mass is 10.2. The highest BCUT2D eigenvalue weighted by Crippen LogP contribution is 2.35. The van der Waals surface area contributed by atoms with E-state index in [1.54, 1.807) is 19.1 Å². The Labute approximate surface area is 234 Å². The maximum atomic E-state index is 12.0. The molecule has 0 saturated heterocycles. The molecule has 40 heavy (non-hydrogen) atoms. The van der Waals surface area contributed by atoms with Crippen molar-refractivity contribution in [2.45, 2.75) is 28.0 Å². The quantitative estimate of drug-likeness (QED) is 0.0700. The minimum absolute atomic E-state index is 0.0256. The molecule has 18 heteroatoms. The minimum atomic E-state index is -4.76. The van der Waals surface area contributed by atoms with Crippen LogP contribution in [0.15, 0.2) is 89.7 Å². The van der Waals surface area contributed by atoms with Gasteiger partial charge in [0.05, 0.1) is 27.7 Å². The van der Waals surface area contributed by atoms with E-state index in [1.165, 1.54) is 36.0 Å². The van der Waals surface area contributed by atoms with Crippen molar-refractivity contribution in [1.82, 2.24) is 0 Å². The van der Waals surface area contributed by atoms with Gasteiger partial charge in [0.1, 0.15) is 10.6 Å². The van der Waals surface area contributed by atoms with Gasteiger partial charge >= 0.3 is 0 Å². The zero-order valence-electron chi connectivity index (χ0n) is 20.6. The van der Waals surface area contributed by atoms with Crippen LogP contribution in [-0.2, 0) is 30.4 Å². The molecular weight excluding hydrogens is 607 g/mol. The Kier molecular flexibility index (Phi) is 9.77. The number of hydrogen-bond donors (Lipinski definition) is 4. The Morgan fingerprint density at radius 1 is 0.750 bits per heavy atom. The summed E-state index contributed by atoms with van der Waals surface area (Å²) in [6.07, 6.45) is 0.185. The van der Waals surface area contributed by atoms with Crippen molar-refractivity contribution >= 4 is 70.6 Å². The first-order valence-electron chi connectivity index (χ1n) is 11.0. The molecule has 0 saturated carbocycles. The summed E-state index contributed by atoms with van der Waals surface area (Å²) < 4.78 is 95.7. The lowest BCUT2D eigenvalue weighted by molar-refractivity contribution is 0.480. The molecule has 0 amide bonds. The predicted molar refractivity (Wildman–Crippen MR) is 148 cm³/mol. The molecule has 0 aliphatic rings. The first-order valence-corrected chi connectivity index (χ1v) is 16.5. The Bertz CT molecular complexity index is 1790. The molecular formula is C22H23N5O9S4. The summed E-state index contributed by atoms with van der Waals surface area (Å²) >= 11 is 1.24. The van der Waals surface area contributed by atoms with Crippen LogP contribution in [0.3, 0.4) is 0 Å². The second-order valence-electron chi connectivity index (χ2n) is 8.16. The fraction of sp³-hybridized carbons (Fsp3) is 0.182. The van der Waals surface area contributed by atoms with E-state index in [1.807, 2.05) is 0 Å². The number of nitrogens with two attached hydrogens (primary N) is 1. The van der Waals surface area contributed by atoms with Crippen LogP contribution in [0.1, 0.15) is 12.0 Å². The molecule has 0 spiro atoms. The predicted octanol–water partition coefficient (Wildman–Crippen LogP) is 5.27. The lowest BCUT2D eigenvalue weighted by Gasteiger charge is -2.09. The van der Waals surface area contributed by atoms with Crippen molar-refractivity contribution in [3.05, 3.63) is 60.2 Å². The molecule has 0 atom stereocenters. The van der Waals surface area contributed by atoms with Crippen molar-refractivity contribution in [3.63, 3.8) is 0 Å². The smallest absolute Gasteiger partial charge is 0.296 e. The monoisotopic (exact) mass is 629 g/mol. The molecule has 0 radical (unpaired) electrons. The van der Waals surface area contributed by atoms with E-state index < -0.39 is 41.0 Å². The Balaban J connectivity index is 1.85. The van der Waals surface area contributed by atoms with Crippen LogP contribution in [0.25, 0.3) is 0 Å². The van der Waals surface area contributed by atoms with E-state index in [4.69, 9.17) is 14.8 Å². The summed E-state index contributed by atoms with van der Waals surface area (Å²) in [4.78, 5) is -0.360.